The average molecular weight is 353 g/mol. The Morgan fingerprint density at radius 2 is 1.71 bits per heavy atom. The summed E-state index contributed by atoms with van der Waals surface area (Å²) >= 11 is 0. The molecule has 0 heterocycles. The lowest BCUT2D eigenvalue weighted by atomic mass is 10.0. The SMILES string of the molecule is CCNCC(CNC(=O)c1ccccc1C(C)=O)[Si](C)(OC)OC. The highest BCUT2D eigenvalue weighted by Gasteiger charge is 2.39. The second-order valence-corrected chi connectivity index (χ2v) is 9.41. The maximum atomic E-state index is 12.5. The summed E-state index contributed by atoms with van der Waals surface area (Å²) in [5, 5.41) is 6.21. The Hall–Kier alpha value is -1.54. The Morgan fingerprint density at radius 1 is 1.12 bits per heavy atom. The molecule has 0 saturated heterocycles. The summed E-state index contributed by atoms with van der Waals surface area (Å²) in [6.45, 7) is 7.40. The van der Waals surface area contributed by atoms with Crippen molar-refractivity contribution in [2.24, 2.45) is 0 Å². The van der Waals surface area contributed by atoms with Crippen LogP contribution in [0.2, 0.25) is 12.1 Å². The summed E-state index contributed by atoms with van der Waals surface area (Å²) in [6, 6.07) is 6.83. The predicted octanol–water partition coefficient (Wildman–Crippen LogP) is 1.96. The number of benzene rings is 1. The van der Waals surface area contributed by atoms with E-state index in [1.807, 2.05) is 13.5 Å². The number of Topliss-reactive ketones (excluding diaryl/α,β-unsaturated/α-hetero) is 1. The smallest absolute Gasteiger partial charge is 0.340 e. The molecule has 0 saturated carbocycles. The molecule has 1 amide bonds. The van der Waals surface area contributed by atoms with Gasteiger partial charge in [-0.15, -0.1) is 0 Å². The standard InChI is InChI=1S/C17H28N2O4Si/c1-6-18-11-14(24(5,22-3)23-4)12-19-17(21)16-10-8-7-9-15(16)13(2)20/h7-10,14,18H,6,11-12H2,1-5H3,(H,19,21). The van der Waals surface area contributed by atoms with Gasteiger partial charge in [0.05, 0.1) is 5.56 Å². The van der Waals surface area contributed by atoms with E-state index in [9.17, 15) is 9.59 Å². The van der Waals surface area contributed by atoms with Crippen LogP contribution >= 0.6 is 0 Å². The fourth-order valence-corrected chi connectivity index (χ4v) is 4.30. The van der Waals surface area contributed by atoms with Crippen molar-refractivity contribution in [3.05, 3.63) is 35.4 Å². The lowest BCUT2D eigenvalue weighted by molar-refractivity contribution is 0.0936. The number of rotatable bonds is 10. The van der Waals surface area contributed by atoms with Gasteiger partial charge < -0.3 is 19.5 Å². The van der Waals surface area contributed by atoms with Crippen LogP contribution in [0.15, 0.2) is 24.3 Å². The molecule has 6 nitrogen and oxygen atoms in total. The van der Waals surface area contributed by atoms with Gasteiger partial charge >= 0.3 is 8.56 Å². The monoisotopic (exact) mass is 352 g/mol. The van der Waals surface area contributed by atoms with Crippen LogP contribution in [0.5, 0.6) is 0 Å². The van der Waals surface area contributed by atoms with Crippen LogP contribution in [0.1, 0.15) is 34.6 Å². The molecule has 7 heteroatoms. The maximum absolute atomic E-state index is 12.5. The quantitative estimate of drug-likeness (QED) is 0.497. The molecule has 0 aliphatic carbocycles. The lowest BCUT2D eigenvalue weighted by Gasteiger charge is -2.32. The first-order chi connectivity index (χ1) is 11.4. The zero-order valence-corrected chi connectivity index (χ0v) is 16.1. The highest BCUT2D eigenvalue weighted by Crippen LogP contribution is 2.22. The molecule has 0 aliphatic rings. The van der Waals surface area contributed by atoms with Crippen molar-refractivity contribution >= 4 is 20.3 Å². The molecule has 1 atom stereocenters. The molecule has 0 fully saturated rings. The van der Waals surface area contributed by atoms with Gasteiger partial charge in [-0.05, 0) is 26.1 Å². The molecule has 1 aromatic rings. The van der Waals surface area contributed by atoms with Gasteiger partial charge in [-0.3, -0.25) is 9.59 Å². The molecule has 1 rings (SSSR count). The Kier molecular flexibility index (Phi) is 8.27. The van der Waals surface area contributed by atoms with E-state index in [2.05, 4.69) is 10.6 Å². The van der Waals surface area contributed by atoms with E-state index in [0.717, 1.165) is 6.54 Å². The fourth-order valence-electron chi connectivity index (χ4n) is 2.48. The van der Waals surface area contributed by atoms with Crippen LogP contribution in [0.25, 0.3) is 0 Å². The minimum Gasteiger partial charge on any atom is -0.398 e. The molecule has 0 aromatic heterocycles. The molecule has 2 N–H and O–H groups in total. The van der Waals surface area contributed by atoms with E-state index in [1.54, 1.807) is 38.5 Å². The second kappa shape index (κ2) is 9.68. The zero-order valence-electron chi connectivity index (χ0n) is 15.1. The Bertz CT molecular complexity index is 561. The Labute approximate surface area is 145 Å². The summed E-state index contributed by atoms with van der Waals surface area (Å²) in [6.07, 6.45) is 0. The Morgan fingerprint density at radius 3 is 2.21 bits per heavy atom. The second-order valence-electron chi connectivity index (χ2n) is 5.74. The molecule has 134 valence electrons. The van der Waals surface area contributed by atoms with E-state index in [-0.39, 0.29) is 17.2 Å². The molecule has 1 aromatic carbocycles. The van der Waals surface area contributed by atoms with Crippen molar-refractivity contribution in [3.8, 4) is 0 Å². The van der Waals surface area contributed by atoms with Crippen LogP contribution in [-0.4, -0.2) is 54.1 Å². The van der Waals surface area contributed by atoms with Gasteiger partial charge in [0.1, 0.15) is 0 Å². The topological polar surface area (TPSA) is 76.7 Å². The summed E-state index contributed by atoms with van der Waals surface area (Å²) in [5.74, 6) is -0.385. The van der Waals surface area contributed by atoms with E-state index in [0.29, 0.717) is 24.2 Å². The van der Waals surface area contributed by atoms with E-state index < -0.39 is 8.56 Å². The van der Waals surface area contributed by atoms with Crippen molar-refractivity contribution in [1.82, 2.24) is 10.6 Å². The van der Waals surface area contributed by atoms with Gasteiger partial charge in [-0.2, -0.15) is 0 Å². The van der Waals surface area contributed by atoms with Gasteiger partial charge in [0.25, 0.3) is 5.91 Å². The van der Waals surface area contributed by atoms with Gasteiger partial charge in [0.15, 0.2) is 5.78 Å². The third-order valence-corrected chi connectivity index (χ3v) is 7.77. The molecule has 0 aliphatic heterocycles. The number of ketones is 1. The minimum absolute atomic E-state index is 0.0425. The predicted molar refractivity (Wildman–Crippen MR) is 96.7 cm³/mol. The van der Waals surface area contributed by atoms with Gasteiger partial charge in [0, 0.05) is 38.4 Å². The highest BCUT2D eigenvalue weighted by molar-refractivity contribution is 6.67. The zero-order chi connectivity index (χ0) is 18.2. The minimum atomic E-state index is -2.41. The van der Waals surface area contributed by atoms with Crippen LogP contribution in [0.4, 0.5) is 0 Å². The third kappa shape index (κ3) is 5.24. The van der Waals surface area contributed by atoms with Gasteiger partial charge in [0.2, 0.25) is 0 Å². The summed E-state index contributed by atoms with van der Waals surface area (Å²) in [4.78, 5) is 24.2. The summed E-state index contributed by atoms with van der Waals surface area (Å²) < 4.78 is 11.2. The average Bonchev–Trinajstić information content (AvgIpc) is 2.60. The molecule has 24 heavy (non-hydrogen) atoms. The number of carbonyl (C=O) groups excluding carboxylic acids is 2. The Balaban J connectivity index is 2.86. The van der Waals surface area contributed by atoms with Crippen LogP contribution in [0.3, 0.4) is 0 Å². The summed E-state index contributed by atoms with van der Waals surface area (Å²) in [5.41, 5.74) is 0.864. The third-order valence-electron chi connectivity index (χ3n) is 4.25. The van der Waals surface area contributed by atoms with Crippen LogP contribution in [-0.2, 0) is 8.85 Å². The first-order valence-corrected chi connectivity index (χ1v) is 10.5. The number of nitrogens with one attached hydrogen (secondary N) is 2. The molecule has 0 bridgehead atoms. The number of carbonyl (C=O) groups is 2. The highest BCUT2D eigenvalue weighted by atomic mass is 28.4. The molecule has 0 spiro atoms. The lowest BCUT2D eigenvalue weighted by Crippen LogP contribution is -2.50. The number of hydrogen-bond acceptors (Lipinski definition) is 5. The molecular weight excluding hydrogens is 324 g/mol. The normalized spacial score (nSPS) is 12.7. The van der Waals surface area contributed by atoms with Gasteiger partial charge in [-0.25, -0.2) is 0 Å². The van der Waals surface area contributed by atoms with Crippen molar-refractivity contribution in [2.45, 2.75) is 25.9 Å². The maximum Gasteiger partial charge on any atom is 0.340 e. The van der Waals surface area contributed by atoms with E-state index in [1.165, 1.54) is 6.92 Å². The first kappa shape index (κ1) is 20.5. The van der Waals surface area contributed by atoms with E-state index >= 15 is 0 Å². The molecular formula is C17H28N2O4Si. The van der Waals surface area contributed by atoms with Crippen molar-refractivity contribution < 1.29 is 18.4 Å². The van der Waals surface area contributed by atoms with Crippen molar-refractivity contribution in [3.63, 3.8) is 0 Å². The first-order valence-electron chi connectivity index (χ1n) is 8.08. The molecule has 1 unspecified atom stereocenters. The largest absolute Gasteiger partial charge is 0.398 e. The van der Waals surface area contributed by atoms with Crippen molar-refractivity contribution in [2.75, 3.05) is 33.9 Å². The number of hydrogen-bond donors (Lipinski definition) is 2. The van der Waals surface area contributed by atoms with Crippen LogP contribution < -0.4 is 10.6 Å². The van der Waals surface area contributed by atoms with Gasteiger partial charge in [-0.1, -0.05) is 25.1 Å². The fraction of sp³-hybridized carbons (Fsp3) is 0.529. The van der Waals surface area contributed by atoms with Crippen molar-refractivity contribution in [1.29, 1.82) is 0 Å². The molecule has 0 radical (unpaired) electrons. The number of amides is 1. The van der Waals surface area contributed by atoms with E-state index in [4.69, 9.17) is 8.85 Å². The van der Waals surface area contributed by atoms with Crippen LogP contribution in [0, 0.1) is 0 Å². The summed E-state index contributed by atoms with van der Waals surface area (Å²) in [7, 11) is 0.869.